The first-order valence-corrected chi connectivity index (χ1v) is 4.25. The Morgan fingerprint density at radius 1 is 1.27 bits per heavy atom. The molecule has 0 spiro atoms. The number of hydrogen-bond acceptors (Lipinski definition) is 3. The van der Waals surface area contributed by atoms with Crippen LogP contribution in [0.3, 0.4) is 0 Å². The Kier molecular flexibility index (Phi) is 5.73. The quantitative estimate of drug-likeness (QED) is 0.713. The third-order valence-corrected chi connectivity index (χ3v) is 1.51. The van der Waals surface area contributed by atoms with Crippen LogP contribution in [-0.4, -0.2) is 31.7 Å². The van der Waals surface area contributed by atoms with Crippen LogP contribution in [0.1, 0.15) is 19.3 Å². The van der Waals surface area contributed by atoms with Crippen molar-refractivity contribution in [2.75, 3.05) is 13.7 Å². The highest BCUT2D eigenvalue weighted by molar-refractivity contribution is 5.77. The zero-order chi connectivity index (χ0) is 11.9. The standard InChI is InChI=1S/C8H12F3NO3/c1-15-7(14)3-5-12-6(13)2-4-8(9,10)11/h2-5H2,1H3,(H,12,13). The highest BCUT2D eigenvalue weighted by Crippen LogP contribution is 2.20. The van der Waals surface area contributed by atoms with Crippen molar-refractivity contribution in [1.29, 1.82) is 0 Å². The largest absolute Gasteiger partial charge is 0.469 e. The Bertz CT molecular complexity index is 228. The molecule has 1 amide bonds. The number of hydrogen-bond donors (Lipinski definition) is 1. The van der Waals surface area contributed by atoms with Gasteiger partial charge < -0.3 is 10.1 Å². The normalized spacial score (nSPS) is 10.9. The number of amides is 1. The summed E-state index contributed by atoms with van der Waals surface area (Å²) >= 11 is 0. The molecule has 0 aliphatic heterocycles. The monoisotopic (exact) mass is 227 g/mol. The van der Waals surface area contributed by atoms with Gasteiger partial charge in [-0.25, -0.2) is 0 Å². The summed E-state index contributed by atoms with van der Waals surface area (Å²) in [6.45, 7) is -0.0106. The lowest BCUT2D eigenvalue weighted by molar-refractivity contribution is -0.144. The van der Waals surface area contributed by atoms with Gasteiger partial charge in [0.25, 0.3) is 0 Å². The van der Waals surface area contributed by atoms with Gasteiger partial charge in [0.1, 0.15) is 0 Å². The summed E-state index contributed by atoms with van der Waals surface area (Å²) in [5.41, 5.74) is 0. The van der Waals surface area contributed by atoms with Crippen molar-refractivity contribution in [3.8, 4) is 0 Å². The van der Waals surface area contributed by atoms with Crippen LogP contribution in [0.4, 0.5) is 13.2 Å². The van der Waals surface area contributed by atoms with Gasteiger partial charge in [-0.2, -0.15) is 13.2 Å². The maximum Gasteiger partial charge on any atom is 0.389 e. The van der Waals surface area contributed by atoms with E-state index in [9.17, 15) is 22.8 Å². The fourth-order valence-electron chi connectivity index (χ4n) is 0.750. The number of ether oxygens (including phenoxy) is 1. The molecule has 0 aromatic rings. The summed E-state index contributed by atoms with van der Waals surface area (Å²) in [6.07, 6.45) is -6.16. The molecule has 4 nitrogen and oxygen atoms in total. The predicted octanol–water partition coefficient (Wildman–Crippen LogP) is 1.01. The van der Waals surface area contributed by atoms with Crippen LogP contribution in [0.5, 0.6) is 0 Å². The third-order valence-electron chi connectivity index (χ3n) is 1.51. The van der Waals surface area contributed by atoms with Gasteiger partial charge in [0.15, 0.2) is 0 Å². The Labute approximate surface area is 84.8 Å². The molecule has 0 saturated carbocycles. The summed E-state index contributed by atoms with van der Waals surface area (Å²) in [7, 11) is 1.19. The summed E-state index contributed by atoms with van der Waals surface area (Å²) in [5, 5.41) is 2.18. The molecule has 0 rings (SSSR count). The number of rotatable bonds is 5. The minimum atomic E-state index is -4.33. The van der Waals surface area contributed by atoms with E-state index in [1.807, 2.05) is 0 Å². The zero-order valence-corrected chi connectivity index (χ0v) is 8.19. The van der Waals surface area contributed by atoms with Crippen LogP contribution < -0.4 is 5.32 Å². The van der Waals surface area contributed by atoms with Crippen LogP contribution in [0.2, 0.25) is 0 Å². The Hall–Kier alpha value is -1.27. The Balaban J connectivity index is 3.54. The van der Waals surface area contributed by atoms with Gasteiger partial charge in [0, 0.05) is 13.0 Å². The van der Waals surface area contributed by atoms with Crippen molar-refractivity contribution in [1.82, 2.24) is 5.32 Å². The minimum Gasteiger partial charge on any atom is -0.469 e. The fourth-order valence-corrected chi connectivity index (χ4v) is 0.750. The van der Waals surface area contributed by atoms with E-state index in [0.29, 0.717) is 0 Å². The molecule has 0 aromatic heterocycles. The van der Waals surface area contributed by atoms with Gasteiger partial charge in [-0.05, 0) is 0 Å². The van der Waals surface area contributed by atoms with Crippen molar-refractivity contribution in [2.45, 2.75) is 25.4 Å². The molecule has 1 N–H and O–H groups in total. The average molecular weight is 227 g/mol. The molecule has 0 aromatic carbocycles. The van der Waals surface area contributed by atoms with Crippen molar-refractivity contribution in [3.05, 3.63) is 0 Å². The molecule has 0 unspecified atom stereocenters. The molecule has 0 radical (unpaired) electrons. The molecule has 0 heterocycles. The summed E-state index contributed by atoms with van der Waals surface area (Å²) < 4.78 is 39.3. The first-order valence-electron chi connectivity index (χ1n) is 4.25. The zero-order valence-electron chi connectivity index (χ0n) is 8.19. The lowest BCUT2D eigenvalue weighted by Gasteiger charge is -2.06. The maximum atomic E-state index is 11.7. The second-order valence-corrected chi connectivity index (χ2v) is 2.79. The number of carbonyl (C=O) groups is 2. The van der Waals surface area contributed by atoms with Crippen LogP contribution >= 0.6 is 0 Å². The molecule has 0 bridgehead atoms. The van der Waals surface area contributed by atoms with Crippen molar-refractivity contribution in [2.24, 2.45) is 0 Å². The third kappa shape index (κ3) is 9.04. The van der Waals surface area contributed by atoms with E-state index in [1.165, 1.54) is 7.11 Å². The molecule has 15 heavy (non-hydrogen) atoms. The first-order chi connectivity index (χ1) is 6.85. The number of nitrogens with one attached hydrogen (secondary N) is 1. The van der Waals surface area contributed by atoms with Crippen molar-refractivity contribution >= 4 is 11.9 Å². The number of alkyl halides is 3. The van der Waals surface area contributed by atoms with Crippen LogP contribution in [0.25, 0.3) is 0 Å². The molecular weight excluding hydrogens is 215 g/mol. The second kappa shape index (κ2) is 6.26. The second-order valence-electron chi connectivity index (χ2n) is 2.79. The molecule has 0 atom stereocenters. The highest BCUT2D eigenvalue weighted by Gasteiger charge is 2.27. The van der Waals surface area contributed by atoms with Gasteiger partial charge in [-0.1, -0.05) is 0 Å². The maximum absolute atomic E-state index is 11.7. The van der Waals surface area contributed by atoms with Gasteiger partial charge in [0.2, 0.25) is 5.91 Å². The van der Waals surface area contributed by atoms with E-state index in [0.717, 1.165) is 0 Å². The lowest BCUT2D eigenvalue weighted by Crippen LogP contribution is -2.27. The molecule has 0 aliphatic carbocycles. The van der Waals surface area contributed by atoms with E-state index in [-0.39, 0.29) is 13.0 Å². The van der Waals surface area contributed by atoms with E-state index in [2.05, 4.69) is 10.1 Å². The first kappa shape index (κ1) is 13.7. The van der Waals surface area contributed by atoms with Crippen LogP contribution in [0, 0.1) is 0 Å². The molecule has 0 saturated heterocycles. The van der Waals surface area contributed by atoms with Crippen LogP contribution in [-0.2, 0) is 14.3 Å². The number of carbonyl (C=O) groups excluding carboxylic acids is 2. The highest BCUT2D eigenvalue weighted by atomic mass is 19.4. The Morgan fingerprint density at radius 3 is 2.33 bits per heavy atom. The summed E-state index contributed by atoms with van der Waals surface area (Å²) in [4.78, 5) is 21.4. The van der Waals surface area contributed by atoms with Crippen molar-refractivity contribution < 1.29 is 27.5 Å². The van der Waals surface area contributed by atoms with Crippen LogP contribution in [0.15, 0.2) is 0 Å². The van der Waals surface area contributed by atoms with Crippen molar-refractivity contribution in [3.63, 3.8) is 0 Å². The molecule has 7 heteroatoms. The predicted molar refractivity (Wildman–Crippen MR) is 44.9 cm³/mol. The van der Waals surface area contributed by atoms with E-state index < -0.39 is 30.9 Å². The van der Waals surface area contributed by atoms with E-state index in [4.69, 9.17) is 0 Å². The SMILES string of the molecule is COC(=O)CCNC(=O)CCC(F)(F)F. The van der Waals surface area contributed by atoms with E-state index in [1.54, 1.807) is 0 Å². The van der Waals surface area contributed by atoms with Gasteiger partial charge in [0.05, 0.1) is 20.0 Å². The molecule has 88 valence electrons. The minimum absolute atomic E-state index is 0.0106. The number of methoxy groups -OCH3 is 1. The summed E-state index contributed by atoms with van der Waals surface area (Å²) in [5.74, 6) is -1.25. The summed E-state index contributed by atoms with van der Waals surface area (Å²) in [6, 6.07) is 0. The van der Waals surface area contributed by atoms with Gasteiger partial charge in [-0.3, -0.25) is 9.59 Å². The number of halogens is 3. The topological polar surface area (TPSA) is 55.4 Å². The molecular formula is C8H12F3NO3. The average Bonchev–Trinajstić information content (AvgIpc) is 2.13. The Morgan fingerprint density at radius 2 is 1.87 bits per heavy atom. The van der Waals surface area contributed by atoms with E-state index >= 15 is 0 Å². The fraction of sp³-hybridized carbons (Fsp3) is 0.750. The van der Waals surface area contributed by atoms with Gasteiger partial charge >= 0.3 is 12.1 Å². The lowest BCUT2D eigenvalue weighted by atomic mass is 10.3. The van der Waals surface area contributed by atoms with Gasteiger partial charge in [-0.15, -0.1) is 0 Å². The smallest absolute Gasteiger partial charge is 0.389 e. The number of esters is 1. The molecule has 0 fully saturated rings. The molecule has 0 aliphatic rings.